The smallest absolute Gasteiger partial charge is 0.418 e. The van der Waals surface area contributed by atoms with E-state index in [1.54, 1.807) is 6.07 Å². The van der Waals surface area contributed by atoms with Gasteiger partial charge in [0.25, 0.3) is 0 Å². The Morgan fingerprint density at radius 2 is 1.87 bits per heavy atom. The van der Waals surface area contributed by atoms with Crippen LogP contribution in [0.2, 0.25) is 0 Å². The van der Waals surface area contributed by atoms with E-state index in [1.165, 1.54) is 20.0 Å². The quantitative estimate of drug-likeness (QED) is 0.295. The number of hydrogen-bond acceptors (Lipinski definition) is 5. The maximum Gasteiger partial charge on any atom is 0.418 e. The first kappa shape index (κ1) is 25.4. The van der Waals surface area contributed by atoms with Gasteiger partial charge in [-0.3, -0.25) is 4.79 Å². The molecule has 1 N–H and O–H groups in total. The van der Waals surface area contributed by atoms with Crippen LogP contribution in [0, 0.1) is 25.5 Å². The number of hydrogen-bond donors (Lipinski definition) is 1. The maximum absolute atomic E-state index is 14.2. The van der Waals surface area contributed by atoms with Crippen LogP contribution >= 0.6 is 0 Å². The number of alkyl halides is 3. The summed E-state index contributed by atoms with van der Waals surface area (Å²) < 4.78 is 74.9. The number of anilines is 1. The van der Waals surface area contributed by atoms with Crippen LogP contribution < -0.4 is 15.1 Å². The standard InChI is InChI=1S/C27H21F5N4O2/c1-13-5-4-10-36(13)25-23-18(8-9-33-25)35-19(11-20(23)37)22-14(2)16(27(30,31)32)12-34-26(22)38-21-7-6-17(28)24(29)15(21)3/h6-9,11-12H,1,4-5,10H2,2-3H3,(H,35,37). The van der Waals surface area contributed by atoms with Crippen molar-refractivity contribution in [2.24, 2.45) is 0 Å². The van der Waals surface area contributed by atoms with Crippen molar-refractivity contribution in [3.05, 3.63) is 87.5 Å². The summed E-state index contributed by atoms with van der Waals surface area (Å²) in [5, 5.41) is 0.260. The van der Waals surface area contributed by atoms with E-state index in [4.69, 9.17) is 4.74 Å². The molecule has 0 saturated carbocycles. The molecule has 1 aliphatic rings. The highest BCUT2D eigenvalue weighted by Gasteiger charge is 2.35. The normalized spacial score (nSPS) is 14.0. The van der Waals surface area contributed by atoms with Gasteiger partial charge in [-0.25, -0.2) is 18.7 Å². The molecule has 1 fully saturated rings. The van der Waals surface area contributed by atoms with Crippen LogP contribution in [0.5, 0.6) is 11.6 Å². The highest BCUT2D eigenvalue weighted by atomic mass is 19.4. The zero-order valence-corrected chi connectivity index (χ0v) is 20.3. The van der Waals surface area contributed by atoms with Gasteiger partial charge in [0.2, 0.25) is 5.88 Å². The van der Waals surface area contributed by atoms with Crippen LogP contribution in [0.1, 0.15) is 29.5 Å². The van der Waals surface area contributed by atoms with E-state index in [0.717, 1.165) is 36.7 Å². The second-order valence-electron chi connectivity index (χ2n) is 8.99. The summed E-state index contributed by atoms with van der Waals surface area (Å²) in [4.78, 5) is 26.4. The van der Waals surface area contributed by atoms with Gasteiger partial charge in [0, 0.05) is 36.3 Å². The summed E-state index contributed by atoms with van der Waals surface area (Å²) in [5.41, 5.74) is -0.968. The number of aromatic nitrogens is 3. The molecule has 0 unspecified atom stereocenters. The topological polar surface area (TPSA) is 71.1 Å². The van der Waals surface area contributed by atoms with Crippen molar-refractivity contribution in [3.8, 4) is 22.9 Å². The summed E-state index contributed by atoms with van der Waals surface area (Å²) >= 11 is 0. The van der Waals surface area contributed by atoms with E-state index < -0.39 is 28.8 Å². The minimum atomic E-state index is -4.74. The van der Waals surface area contributed by atoms with E-state index >= 15 is 0 Å². The van der Waals surface area contributed by atoms with Gasteiger partial charge < -0.3 is 14.6 Å². The molecule has 1 saturated heterocycles. The van der Waals surface area contributed by atoms with Crippen molar-refractivity contribution < 1.29 is 26.7 Å². The third-order valence-electron chi connectivity index (χ3n) is 6.58. The number of halogens is 5. The van der Waals surface area contributed by atoms with Gasteiger partial charge in [-0.2, -0.15) is 13.2 Å². The average molecular weight is 528 g/mol. The largest absolute Gasteiger partial charge is 0.438 e. The van der Waals surface area contributed by atoms with E-state index in [1.807, 2.05) is 4.90 Å². The number of ether oxygens (including phenoxy) is 1. The summed E-state index contributed by atoms with van der Waals surface area (Å²) in [6, 6.07) is 4.68. The van der Waals surface area contributed by atoms with Crippen LogP contribution in [0.3, 0.4) is 0 Å². The molecule has 4 heterocycles. The number of H-pyrrole nitrogens is 1. The molecule has 0 radical (unpaired) electrons. The third-order valence-corrected chi connectivity index (χ3v) is 6.58. The summed E-state index contributed by atoms with van der Waals surface area (Å²) in [6.45, 7) is 7.14. The average Bonchev–Trinajstić information content (AvgIpc) is 3.28. The first-order chi connectivity index (χ1) is 18.0. The van der Waals surface area contributed by atoms with E-state index in [0.29, 0.717) is 24.1 Å². The molecule has 4 aromatic rings. The van der Waals surface area contributed by atoms with Gasteiger partial charge in [-0.15, -0.1) is 0 Å². The molecule has 0 amide bonds. The lowest BCUT2D eigenvalue weighted by Crippen LogP contribution is -2.20. The molecule has 11 heteroatoms. The number of fused-ring (bicyclic) bond motifs is 1. The molecule has 0 aliphatic carbocycles. The molecule has 1 aromatic carbocycles. The summed E-state index contributed by atoms with van der Waals surface area (Å²) in [5.74, 6) is -2.31. The van der Waals surface area contributed by atoms with Gasteiger partial charge in [-0.1, -0.05) is 6.58 Å². The zero-order valence-electron chi connectivity index (χ0n) is 20.3. The fourth-order valence-corrected chi connectivity index (χ4v) is 4.62. The van der Waals surface area contributed by atoms with Crippen molar-refractivity contribution in [3.63, 3.8) is 0 Å². The number of nitrogens with zero attached hydrogens (tertiary/aromatic N) is 3. The molecule has 1 aliphatic heterocycles. The number of nitrogens with one attached hydrogen (secondary N) is 1. The number of pyridine rings is 3. The van der Waals surface area contributed by atoms with E-state index in [2.05, 4.69) is 21.5 Å². The van der Waals surface area contributed by atoms with Crippen molar-refractivity contribution in [2.45, 2.75) is 32.9 Å². The lowest BCUT2D eigenvalue weighted by Gasteiger charge is -2.21. The van der Waals surface area contributed by atoms with Crippen LogP contribution in [-0.4, -0.2) is 21.5 Å². The highest BCUT2D eigenvalue weighted by molar-refractivity contribution is 5.92. The van der Waals surface area contributed by atoms with Crippen molar-refractivity contribution >= 4 is 16.7 Å². The van der Waals surface area contributed by atoms with Crippen LogP contribution in [0.25, 0.3) is 22.2 Å². The van der Waals surface area contributed by atoms with Gasteiger partial charge in [0.05, 0.1) is 27.7 Å². The molecule has 38 heavy (non-hydrogen) atoms. The van der Waals surface area contributed by atoms with Crippen molar-refractivity contribution in [1.82, 2.24) is 15.0 Å². The Kier molecular flexibility index (Phi) is 6.16. The van der Waals surface area contributed by atoms with E-state index in [-0.39, 0.29) is 39.4 Å². The first-order valence-electron chi connectivity index (χ1n) is 11.6. The lowest BCUT2D eigenvalue weighted by atomic mass is 10.0. The van der Waals surface area contributed by atoms with Gasteiger partial charge in [0.15, 0.2) is 17.1 Å². The minimum Gasteiger partial charge on any atom is -0.438 e. The molecule has 0 bridgehead atoms. The molecular weight excluding hydrogens is 507 g/mol. The Hall–Kier alpha value is -4.28. The molecule has 0 spiro atoms. The maximum atomic E-state index is 14.2. The van der Waals surface area contributed by atoms with Crippen LogP contribution in [0.15, 0.2) is 53.7 Å². The number of benzene rings is 1. The summed E-state index contributed by atoms with van der Waals surface area (Å²) in [7, 11) is 0. The SMILES string of the molecule is C=C1CCCN1c1nccc2[nH]c(-c3c(Oc4ccc(F)c(F)c4C)ncc(C(F)(F)F)c3C)cc(=O)c12. The summed E-state index contributed by atoms with van der Waals surface area (Å²) in [6.07, 6.45) is -1.04. The fraction of sp³-hybridized carbons (Fsp3) is 0.222. The number of allylic oxidation sites excluding steroid dienone is 1. The second-order valence-corrected chi connectivity index (χ2v) is 8.99. The fourth-order valence-electron chi connectivity index (χ4n) is 4.62. The Balaban J connectivity index is 1.73. The molecular formula is C27H21F5N4O2. The van der Waals surface area contributed by atoms with E-state index in [9.17, 15) is 26.7 Å². The Labute approximate surface area is 213 Å². The van der Waals surface area contributed by atoms with Crippen molar-refractivity contribution in [1.29, 1.82) is 0 Å². The molecule has 5 rings (SSSR count). The Bertz CT molecular complexity index is 1660. The van der Waals surface area contributed by atoms with Crippen LogP contribution in [0.4, 0.5) is 27.8 Å². The van der Waals surface area contributed by atoms with Gasteiger partial charge >= 0.3 is 6.18 Å². The molecule has 3 aromatic heterocycles. The zero-order chi connectivity index (χ0) is 27.4. The number of rotatable bonds is 4. The Morgan fingerprint density at radius 1 is 1.11 bits per heavy atom. The monoisotopic (exact) mass is 528 g/mol. The predicted octanol–water partition coefficient (Wildman–Crippen LogP) is 6.81. The third kappa shape index (κ3) is 4.27. The lowest BCUT2D eigenvalue weighted by molar-refractivity contribution is -0.138. The van der Waals surface area contributed by atoms with Gasteiger partial charge in [-0.05, 0) is 50.5 Å². The number of aromatic amines is 1. The highest BCUT2D eigenvalue weighted by Crippen LogP contribution is 2.41. The molecule has 0 atom stereocenters. The predicted molar refractivity (Wildman–Crippen MR) is 132 cm³/mol. The van der Waals surface area contributed by atoms with Crippen molar-refractivity contribution in [2.75, 3.05) is 11.4 Å². The minimum absolute atomic E-state index is 0.00577. The second kappa shape index (κ2) is 9.23. The molecule has 6 nitrogen and oxygen atoms in total. The molecule has 196 valence electrons. The van der Waals surface area contributed by atoms with Crippen LogP contribution in [-0.2, 0) is 6.18 Å². The Morgan fingerprint density at radius 3 is 2.55 bits per heavy atom. The van der Waals surface area contributed by atoms with Gasteiger partial charge in [0.1, 0.15) is 11.6 Å². The first-order valence-corrected chi connectivity index (χ1v) is 11.6.